The van der Waals surface area contributed by atoms with Gasteiger partial charge in [-0.1, -0.05) is 109 Å². The third-order valence-electron chi connectivity index (χ3n) is 7.76. The summed E-state index contributed by atoms with van der Waals surface area (Å²) in [6.07, 6.45) is 0. The fourth-order valence-electron chi connectivity index (χ4n) is 6.12. The Morgan fingerprint density at radius 3 is 2.14 bits per heavy atom. The highest BCUT2D eigenvalue weighted by molar-refractivity contribution is 6.09. The van der Waals surface area contributed by atoms with Gasteiger partial charge < -0.3 is 4.90 Å². The Labute approximate surface area is 215 Å². The molecule has 0 radical (unpaired) electrons. The predicted molar refractivity (Wildman–Crippen MR) is 143 cm³/mol. The second-order valence-corrected chi connectivity index (χ2v) is 9.90. The average Bonchev–Trinajstić information content (AvgIpc) is 3.40. The SMILES string of the molecule is Cc1ccc([C@@H]2[C@H]([N+](=O)[O-])[C@H](c3ccccc3)NC23C(=O)N(Cc2ccccc2)c2ccccc23)cc1. The molecular formula is C31H27N3O3. The molecule has 4 aromatic carbocycles. The molecule has 1 spiro atoms. The summed E-state index contributed by atoms with van der Waals surface area (Å²) in [5.41, 5.74) is 3.93. The van der Waals surface area contributed by atoms with Crippen molar-refractivity contribution in [1.29, 1.82) is 0 Å². The van der Waals surface area contributed by atoms with E-state index in [9.17, 15) is 14.9 Å². The second-order valence-electron chi connectivity index (χ2n) is 9.90. The molecule has 2 aliphatic heterocycles. The maximum absolute atomic E-state index is 14.6. The number of rotatable bonds is 5. The first-order valence-electron chi connectivity index (χ1n) is 12.5. The third-order valence-corrected chi connectivity index (χ3v) is 7.76. The number of para-hydroxylation sites is 1. The molecule has 1 fully saturated rings. The van der Waals surface area contributed by atoms with Crippen LogP contribution in [0.4, 0.5) is 5.69 Å². The standard InChI is InChI=1S/C31H27N3O3/c1-21-16-18-23(19-17-21)27-29(34(36)37)28(24-12-6-3-7-13-24)32-31(27)25-14-8-9-15-26(25)33(30(31)35)20-22-10-4-2-5-11-22/h2-19,27-29,32H,20H2,1H3/t27-,28+,29+,31?/m1/s1. The van der Waals surface area contributed by atoms with E-state index in [1.807, 2.05) is 116 Å². The van der Waals surface area contributed by atoms with Gasteiger partial charge in [-0.25, -0.2) is 0 Å². The van der Waals surface area contributed by atoms with Crippen LogP contribution in [0, 0.1) is 17.0 Å². The van der Waals surface area contributed by atoms with Crippen LogP contribution in [0.3, 0.4) is 0 Å². The molecule has 1 N–H and O–H groups in total. The highest BCUT2D eigenvalue weighted by Gasteiger charge is 2.68. The highest BCUT2D eigenvalue weighted by Crippen LogP contribution is 2.57. The number of fused-ring (bicyclic) bond motifs is 2. The zero-order valence-corrected chi connectivity index (χ0v) is 20.5. The maximum Gasteiger partial charge on any atom is 0.253 e. The number of carbonyl (C=O) groups is 1. The van der Waals surface area contributed by atoms with Gasteiger partial charge in [0.2, 0.25) is 6.04 Å². The van der Waals surface area contributed by atoms with E-state index in [0.717, 1.165) is 33.5 Å². The number of carbonyl (C=O) groups excluding carboxylic acids is 1. The Balaban J connectivity index is 1.57. The van der Waals surface area contributed by atoms with E-state index < -0.39 is 23.5 Å². The van der Waals surface area contributed by atoms with Gasteiger partial charge in [0, 0.05) is 16.2 Å². The third kappa shape index (κ3) is 3.64. The van der Waals surface area contributed by atoms with Crippen LogP contribution in [0.15, 0.2) is 109 Å². The van der Waals surface area contributed by atoms with Crippen molar-refractivity contribution in [3.05, 3.63) is 147 Å². The Morgan fingerprint density at radius 1 is 0.838 bits per heavy atom. The lowest BCUT2D eigenvalue weighted by Gasteiger charge is -2.31. The zero-order chi connectivity index (χ0) is 25.6. The first-order valence-corrected chi connectivity index (χ1v) is 12.5. The first kappa shape index (κ1) is 23.1. The van der Waals surface area contributed by atoms with E-state index >= 15 is 0 Å². The largest absolute Gasteiger partial charge is 0.306 e. The molecular weight excluding hydrogens is 462 g/mol. The predicted octanol–water partition coefficient (Wildman–Crippen LogP) is 5.51. The molecule has 6 rings (SSSR count). The number of hydrogen-bond acceptors (Lipinski definition) is 4. The van der Waals surface area contributed by atoms with E-state index in [0.29, 0.717) is 6.54 Å². The van der Waals surface area contributed by atoms with Gasteiger partial charge in [-0.3, -0.25) is 20.2 Å². The summed E-state index contributed by atoms with van der Waals surface area (Å²) in [6.45, 7) is 2.38. The Bertz CT molecular complexity index is 1460. The molecule has 0 aliphatic carbocycles. The van der Waals surface area contributed by atoms with Crippen molar-refractivity contribution in [2.75, 3.05) is 4.90 Å². The van der Waals surface area contributed by atoms with E-state index in [1.54, 1.807) is 4.90 Å². The number of aryl methyl sites for hydroxylation is 1. The molecule has 2 heterocycles. The molecule has 6 heteroatoms. The van der Waals surface area contributed by atoms with Gasteiger partial charge in [0.05, 0.1) is 12.5 Å². The summed E-state index contributed by atoms with van der Waals surface area (Å²) < 4.78 is 0. The molecule has 184 valence electrons. The molecule has 1 saturated heterocycles. The van der Waals surface area contributed by atoms with Crippen LogP contribution >= 0.6 is 0 Å². The highest BCUT2D eigenvalue weighted by atomic mass is 16.6. The fraction of sp³-hybridized carbons (Fsp3) is 0.194. The normalized spacial score (nSPS) is 24.4. The van der Waals surface area contributed by atoms with Gasteiger partial charge in [-0.05, 0) is 29.7 Å². The van der Waals surface area contributed by atoms with Gasteiger partial charge >= 0.3 is 0 Å². The van der Waals surface area contributed by atoms with Crippen molar-refractivity contribution in [2.24, 2.45) is 0 Å². The number of hydrogen-bond donors (Lipinski definition) is 1. The molecule has 1 unspecified atom stereocenters. The van der Waals surface area contributed by atoms with E-state index in [4.69, 9.17) is 0 Å². The summed E-state index contributed by atoms with van der Waals surface area (Å²) in [4.78, 5) is 29.0. The van der Waals surface area contributed by atoms with Crippen molar-refractivity contribution >= 4 is 11.6 Å². The molecule has 2 aliphatic rings. The fourth-order valence-corrected chi connectivity index (χ4v) is 6.12. The van der Waals surface area contributed by atoms with Crippen LogP contribution in [0.2, 0.25) is 0 Å². The number of nitrogens with one attached hydrogen (secondary N) is 1. The van der Waals surface area contributed by atoms with Crippen molar-refractivity contribution in [2.45, 2.75) is 37.0 Å². The molecule has 6 nitrogen and oxygen atoms in total. The van der Waals surface area contributed by atoms with Gasteiger partial charge in [-0.2, -0.15) is 0 Å². The number of nitro groups is 1. The lowest BCUT2D eigenvalue weighted by atomic mass is 9.74. The van der Waals surface area contributed by atoms with E-state index in [1.165, 1.54) is 0 Å². The maximum atomic E-state index is 14.6. The van der Waals surface area contributed by atoms with Crippen molar-refractivity contribution in [1.82, 2.24) is 5.32 Å². The molecule has 4 aromatic rings. The summed E-state index contributed by atoms with van der Waals surface area (Å²) in [5, 5.41) is 16.4. The Kier molecular flexibility index (Phi) is 5.61. The molecule has 37 heavy (non-hydrogen) atoms. The summed E-state index contributed by atoms with van der Waals surface area (Å²) in [5.74, 6) is -0.865. The molecule has 0 aromatic heterocycles. The zero-order valence-electron chi connectivity index (χ0n) is 20.5. The molecule has 0 bridgehead atoms. The second kappa shape index (κ2) is 8.98. The topological polar surface area (TPSA) is 75.5 Å². The average molecular weight is 490 g/mol. The molecule has 0 saturated carbocycles. The van der Waals surface area contributed by atoms with Gasteiger partial charge in [0.15, 0.2) is 0 Å². The lowest BCUT2D eigenvalue weighted by Crippen LogP contribution is -2.50. The van der Waals surface area contributed by atoms with Crippen LogP contribution in [-0.4, -0.2) is 16.9 Å². The van der Waals surface area contributed by atoms with Crippen LogP contribution in [-0.2, 0) is 16.9 Å². The first-order chi connectivity index (χ1) is 18.0. The Morgan fingerprint density at radius 2 is 1.46 bits per heavy atom. The summed E-state index contributed by atoms with van der Waals surface area (Å²) >= 11 is 0. The minimum Gasteiger partial charge on any atom is -0.306 e. The summed E-state index contributed by atoms with van der Waals surface area (Å²) in [6, 6.07) is 33.1. The smallest absolute Gasteiger partial charge is 0.253 e. The van der Waals surface area contributed by atoms with E-state index in [-0.39, 0.29) is 10.8 Å². The van der Waals surface area contributed by atoms with Gasteiger partial charge in [0.25, 0.3) is 5.91 Å². The van der Waals surface area contributed by atoms with Crippen molar-refractivity contribution in [3.63, 3.8) is 0 Å². The monoisotopic (exact) mass is 489 g/mol. The summed E-state index contributed by atoms with van der Waals surface area (Å²) in [7, 11) is 0. The lowest BCUT2D eigenvalue weighted by molar-refractivity contribution is -0.527. The van der Waals surface area contributed by atoms with Gasteiger partial charge in [0.1, 0.15) is 11.6 Å². The molecule has 4 atom stereocenters. The Hall–Kier alpha value is -4.29. The van der Waals surface area contributed by atoms with Gasteiger partial charge in [-0.15, -0.1) is 0 Å². The van der Waals surface area contributed by atoms with Crippen LogP contribution in [0.1, 0.15) is 39.8 Å². The van der Waals surface area contributed by atoms with E-state index in [2.05, 4.69) is 5.32 Å². The van der Waals surface area contributed by atoms with Crippen molar-refractivity contribution in [3.8, 4) is 0 Å². The van der Waals surface area contributed by atoms with Crippen LogP contribution in [0.5, 0.6) is 0 Å². The number of nitrogens with zero attached hydrogens (tertiary/aromatic N) is 2. The molecule has 1 amide bonds. The quantitative estimate of drug-likeness (QED) is 0.296. The minimum absolute atomic E-state index is 0.159. The van der Waals surface area contributed by atoms with Crippen molar-refractivity contribution < 1.29 is 9.72 Å². The number of amides is 1. The number of anilines is 1. The minimum atomic E-state index is -1.28. The number of benzene rings is 4. The van der Waals surface area contributed by atoms with Crippen LogP contribution in [0.25, 0.3) is 0 Å². The van der Waals surface area contributed by atoms with Crippen LogP contribution < -0.4 is 10.2 Å².